The van der Waals surface area contributed by atoms with Gasteiger partial charge in [-0.3, -0.25) is 0 Å². The number of hydrogen-bond acceptors (Lipinski definition) is 4. The predicted octanol–water partition coefficient (Wildman–Crippen LogP) is 5.44. The van der Waals surface area contributed by atoms with Crippen LogP contribution in [0.25, 0.3) is 0 Å². The average molecular weight is 394 g/mol. The minimum Gasteiger partial charge on any atom is -0.504 e. The van der Waals surface area contributed by atoms with Gasteiger partial charge >= 0.3 is 0 Å². The Kier molecular flexibility index (Phi) is 11.6. The summed E-state index contributed by atoms with van der Waals surface area (Å²) >= 11 is 0. The van der Waals surface area contributed by atoms with Crippen LogP contribution in [-0.4, -0.2) is 29.0 Å². The molecule has 1 atom stereocenters. The maximum atomic E-state index is 10.2. The van der Waals surface area contributed by atoms with Gasteiger partial charge in [-0.1, -0.05) is 65.9 Å². The van der Waals surface area contributed by atoms with Crippen molar-refractivity contribution in [2.45, 2.75) is 91.0 Å². The van der Waals surface area contributed by atoms with E-state index < -0.39 is 5.54 Å². The molecular formula is C24H43NO3. The fourth-order valence-corrected chi connectivity index (χ4v) is 3.66. The fraction of sp³-hybridized carbons (Fsp3) is 0.750. The smallest absolute Gasteiger partial charge is 0.160 e. The van der Waals surface area contributed by atoms with Crippen molar-refractivity contribution in [2.75, 3.05) is 13.2 Å². The van der Waals surface area contributed by atoms with Crippen molar-refractivity contribution < 1.29 is 14.9 Å². The molecule has 0 aromatic heterocycles. The first-order valence-electron chi connectivity index (χ1n) is 11.1. The molecule has 0 fully saturated rings. The molecule has 0 heterocycles. The monoisotopic (exact) mass is 393 g/mol. The van der Waals surface area contributed by atoms with Gasteiger partial charge in [-0.25, -0.2) is 0 Å². The van der Waals surface area contributed by atoms with Gasteiger partial charge in [0.25, 0.3) is 0 Å². The van der Waals surface area contributed by atoms with E-state index in [0.29, 0.717) is 24.7 Å². The molecule has 0 amide bonds. The number of aliphatic hydroxyl groups excluding tert-OH is 1. The summed E-state index contributed by atoms with van der Waals surface area (Å²) in [6, 6.07) is 5.58. The second-order valence-electron chi connectivity index (χ2n) is 9.22. The number of nitrogens with two attached hydrogens (primary N) is 1. The van der Waals surface area contributed by atoms with Gasteiger partial charge in [0.05, 0.1) is 13.2 Å². The van der Waals surface area contributed by atoms with Crippen LogP contribution in [0.2, 0.25) is 0 Å². The van der Waals surface area contributed by atoms with E-state index >= 15 is 0 Å². The van der Waals surface area contributed by atoms with E-state index in [9.17, 15) is 10.2 Å². The van der Waals surface area contributed by atoms with Gasteiger partial charge in [0.1, 0.15) is 0 Å². The zero-order valence-corrected chi connectivity index (χ0v) is 18.5. The van der Waals surface area contributed by atoms with E-state index in [2.05, 4.69) is 27.7 Å². The van der Waals surface area contributed by atoms with Crippen molar-refractivity contribution in [3.63, 3.8) is 0 Å². The molecule has 1 aromatic carbocycles. The first-order chi connectivity index (χ1) is 13.3. The van der Waals surface area contributed by atoms with Crippen LogP contribution in [0.3, 0.4) is 0 Å². The number of phenolic OH excluding ortho intramolecular Hbond substituents is 1. The normalized spacial score (nSPS) is 13.9. The Morgan fingerprint density at radius 1 is 1.00 bits per heavy atom. The molecule has 0 saturated heterocycles. The summed E-state index contributed by atoms with van der Waals surface area (Å²) in [6.45, 7) is 9.39. The largest absolute Gasteiger partial charge is 0.504 e. The van der Waals surface area contributed by atoms with Crippen molar-refractivity contribution in [3.05, 3.63) is 23.8 Å². The molecule has 1 aromatic rings. The minimum absolute atomic E-state index is 0.0180. The lowest BCUT2D eigenvalue weighted by atomic mass is 9.85. The number of ether oxygens (including phenoxy) is 1. The average Bonchev–Trinajstić information content (AvgIpc) is 2.62. The zero-order chi connectivity index (χ0) is 21.0. The maximum absolute atomic E-state index is 10.2. The Morgan fingerprint density at radius 3 is 2.29 bits per heavy atom. The van der Waals surface area contributed by atoms with Gasteiger partial charge in [-0.2, -0.15) is 0 Å². The highest BCUT2D eigenvalue weighted by Gasteiger charge is 2.25. The number of phenols is 1. The molecule has 28 heavy (non-hydrogen) atoms. The Hall–Kier alpha value is -1.26. The lowest BCUT2D eigenvalue weighted by Gasteiger charge is -2.29. The van der Waals surface area contributed by atoms with Gasteiger partial charge in [0.15, 0.2) is 11.5 Å². The van der Waals surface area contributed by atoms with Crippen molar-refractivity contribution in [2.24, 2.45) is 17.6 Å². The Labute approximate surface area is 172 Å². The quantitative estimate of drug-likeness (QED) is 0.347. The number of benzene rings is 1. The number of unbranched alkanes of at least 4 members (excludes halogenated alkanes) is 4. The zero-order valence-electron chi connectivity index (χ0n) is 18.5. The lowest BCUT2D eigenvalue weighted by Crippen LogP contribution is -2.45. The SMILES string of the molecule is CC(C)CCCCCCCOc1ccc(CC[C@@](N)(CO)CC(C)C)cc1O. The maximum Gasteiger partial charge on any atom is 0.160 e. The Morgan fingerprint density at radius 2 is 1.68 bits per heavy atom. The first kappa shape index (κ1) is 24.8. The second kappa shape index (κ2) is 13.1. The summed E-state index contributed by atoms with van der Waals surface area (Å²) in [6.07, 6.45) is 9.58. The second-order valence-corrected chi connectivity index (χ2v) is 9.22. The molecule has 0 aliphatic rings. The Balaban J connectivity index is 2.33. The molecule has 0 bridgehead atoms. The van der Waals surface area contributed by atoms with E-state index in [0.717, 1.165) is 30.7 Å². The molecule has 0 unspecified atom stereocenters. The van der Waals surface area contributed by atoms with E-state index in [1.807, 2.05) is 12.1 Å². The van der Waals surface area contributed by atoms with Crippen LogP contribution < -0.4 is 10.5 Å². The third kappa shape index (κ3) is 10.3. The van der Waals surface area contributed by atoms with Crippen LogP contribution in [-0.2, 0) is 6.42 Å². The van der Waals surface area contributed by atoms with Crippen LogP contribution in [0.1, 0.15) is 84.6 Å². The van der Waals surface area contributed by atoms with E-state index in [-0.39, 0.29) is 12.4 Å². The number of aromatic hydroxyl groups is 1. The molecule has 0 saturated carbocycles. The molecule has 162 valence electrons. The topological polar surface area (TPSA) is 75.7 Å². The van der Waals surface area contributed by atoms with Crippen molar-refractivity contribution in [3.8, 4) is 11.5 Å². The van der Waals surface area contributed by atoms with Crippen LogP contribution in [0.4, 0.5) is 0 Å². The summed E-state index contributed by atoms with van der Waals surface area (Å²) < 4.78 is 5.74. The number of hydrogen-bond donors (Lipinski definition) is 3. The van der Waals surface area contributed by atoms with Gasteiger partial charge in [0, 0.05) is 5.54 Å². The van der Waals surface area contributed by atoms with Crippen LogP contribution in [0.15, 0.2) is 18.2 Å². The minimum atomic E-state index is -0.561. The molecular weight excluding hydrogens is 350 g/mol. The van der Waals surface area contributed by atoms with Crippen molar-refractivity contribution in [1.82, 2.24) is 0 Å². The number of rotatable bonds is 15. The summed E-state index contributed by atoms with van der Waals surface area (Å²) in [7, 11) is 0. The molecule has 1 rings (SSSR count). The standard InChI is InChI=1S/C24H43NO3/c1-19(2)10-8-6-5-7-9-15-28-23-12-11-21(16-22(23)27)13-14-24(25,18-26)17-20(3)4/h11-12,16,19-20,26-27H,5-10,13-15,17-18,25H2,1-4H3/t24-/m0/s1. The number of aliphatic hydroxyl groups is 1. The molecule has 0 aliphatic carbocycles. The van der Waals surface area contributed by atoms with Gasteiger partial charge in [0.2, 0.25) is 0 Å². The Bertz CT molecular complexity index is 545. The van der Waals surface area contributed by atoms with Gasteiger partial charge < -0.3 is 20.7 Å². The summed E-state index contributed by atoms with van der Waals surface area (Å²) in [5.74, 6) is 1.97. The van der Waals surface area contributed by atoms with E-state index in [1.165, 1.54) is 32.1 Å². The number of aryl methyl sites for hydroxylation is 1. The fourth-order valence-electron chi connectivity index (χ4n) is 3.66. The highest BCUT2D eigenvalue weighted by atomic mass is 16.5. The van der Waals surface area contributed by atoms with Crippen LogP contribution >= 0.6 is 0 Å². The highest BCUT2D eigenvalue weighted by Crippen LogP contribution is 2.29. The first-order valence-corrected chi connectivity index (χ1v) is 11.1. The van der Waals surface area contributed by atoms with E-state index in [1.54, 1.807) is 6.07 Å². The molecule has 0 aliphatic heterocycles. The third-order valence-electron chi connectivity index (χ3n) is 5.25. The summed E-state index contributed by atoms with van der Waals surface area (Å²) in [5.41, 5.74) is 6.77. The molecule has 4 nitrogen and oxygen atoms in total. The lowest BCUT2D eigenvalue weighted by molar-refractivity contribution is 0.165. The van der Waals surface area contributed by atoms with Crippen LogP contribution in [0.5, 0.6) is 11.5 Å². The van der Waals surface area contributed by atoms with Crippen LogP contribution in [0, 0.1) is 11.8 Å². The third-order valence-corrected chi connectivity index (χ3v) is 5.25. The van der Waals surface area contributed by atoms with Crippen molar-refractivity contribution >= 4 is 0 Å². The van der Waals surface area contributed by atoms with E-state index in [4.69, 9.17) is 10.5 Å². The predicted molar refractivity (Wildman–Crippen MR) is 118 cm³/mol. The van der Waals surface area contributed by atoms with Crippen molar-refractivity contribution in [1.29, 1.82) is 0 Å². The molecule has 0 spiro atoms. The van der Waals surface area contributed by atoms with Gasteiger partial charge in [-0.15, -0.1) is 0 Å². The summed E-state index contributed by atoms with van der Waals surface area (Å²) in [5, 5.41) is 19.9. The molecule has 4 N–H and O–H groups in total. The highest BCUT2D eigenvalue weighted by molar-refractivity contribution is 5.41. The molecule has 4 heteroatoms. The molecule has 0 radical (unpaired) electrons. The van der Waals surface area contributed by atoms with Gasteiger partial charge in [-0.05, 0) is 55.2 Å². The summed E-state index contributed by atoms with van der Waals surface area (Å²) in [4.78, 5) is 0.